The van der Waals surface area contributed by atoms with Crippen LogP contribution in [0.1, 0.15) is 22.7 Å². The average Bonchev–Trinajstić information content (AvgIpc) is 2.12. The summed E-state index contributed by atoms with van der Waals surface area (Å²) in [6.07, 6.45) is 0. The lowest BCUT2D eigenvalue weighted by atomic mass is 9.95. The Kier molecular flexibility index (Phi) is 3.78. The van der Waals surface area contributed by atoms with E-state index in [9.17, 15) is 0 Å². The van der Waals surface area contributed by atoms with Crippen molar-refractivity contribution in [1.82, 2.24) is 0 Å². The molecule has 2 nitrogen and oxygen atoms in total. The third kappa shape index (κ3) is 1.89. The monoisotopic (exact) mass is 233 g/mol. The number of nitrogens with two attached hydrogens (primary N) is 1. The minimum atomic E-state index is -0.0255. The molecule has 0 saturated carbocycles. The molecule has 78 valence electrons. The Morgan fingerprint density at radius 2 is 2.21 bits per heavy atom. The molecule has 4 heteroatoms. The van der Waals surface area contributed by atoms with E-state index in [0.29, 0.717) is 13.2 Å². The lowest BCUT2D eigenvalue weighted by Crippen LogP contribution is -2.24. The molecule has 0 bridgehead atoms. The van der Waals surface area contributed by atoms with Crippen LogP contribution in [0.3, 0.4) is 0 Å². The van der Waals surface area contributed by atoms with Crippen LogP contribution in [-0.4, -0.2) is 6.61 Å². The number of benzene rings is 1. The molecule has 2 N–H and O–H groups in total. The highest BCUT2D eigenvalue weighted by Crippen LogP contribution is 2.31. The second-order valence-electron chi connectivity index (χ2n) is 3.38. The maximum atomic E-state index is 6.04. The maximum Gasteiger partial charge on any atom is 0.0735 e. The quantitative estimate of drug-likeness (QED) is 0.748. The van der Waals surface area contributed by atoms with E-state index in [1.54, 1.807) is 0 Å². The summed E-state index contributed by atoms with van der Waals surface area (Å²) in [5, 5.41) is 0.760. The fourth-order valence-electron chi connectivity index (χ4n) is 1.79. The van der Waals surface area contributed by atoms with Crippen LogP contribution >= 0.6 is 24.0 Å². The minimum absolute atomic E-state index is 0. The summed E-state index contributed by atoms with van der Waals surface area (Å²) in [5.74, 6) is 0. The summed E-state index contributed by atoms with van der Waals surface area (Å²) in [7, 11) is 0. The van der Waals surface area contributed by atoms with E-state index in [1.165, 1.54) is 11.1 Å². The second kappa shape index (κ2) is 4.49. The van der Waals surface area contributed by atoms with Gasteiger partial charge in [-0.15, -0.1) is 12.4 Å². The van der Waals surface area contributed by atoms with Gasteiger partial charge in [-0.1, -0.05) is 17.7 Å². The Morgan fingerprint density at radius 1 is 1.50 bits per heavy atom. The SMILES string of the molecule is Cc1ccc(Cl)c2c1C(N)COC2.Cl. The van der Waals surface area contributed by atoms with Crippen molar-refractivity contribution >= 4 is 24.0 Å². The summed E-state index contributed by atoms with van der Waals surface area (Å²) in [5.41, 5.74) is 9.36. The molecule has 1 aromatic carbocycles. The van der Waals surface area contributed by atoms with Gasteiger partial charge in [-0.05, 0) is 24.1 Å². The zero-order valence-electron chi connectivity index (χ0n) is 7.92. The third-order valence-electron chi connectivity index (χ3n) is 2.43. The zero-order valence-corrected chi connectivity index (χ0v) is 9.49. The van der Waals surface area contributed by atoms with Crippen molar-refractivity contribution in [2.24, 2.45) is 5.73 Å². The number of hydrogen-bond donors (Lipinski definition) is 1. The number of hydrogen-bond acceptors (Lipinski definition) is 2. The molecule has 0 aromatic heterocycles. The highest BCUT2D eigenvalue weighted by molar-refractivity contribution is 6.31. The van der Waals surface area contributed by atoms with Crippen molar-refractivity contribution in [2.75, 3.05) is 6.61 Å². The van der Waals surface area contributed by atoms with Gasteiger partial charge in [0.1, 0.15) is 0 Å². The van der Waals surface area contributed by atoms with Crippen LogP contribution in [-0.2, 0) is 11.3 Å². The van der Waals surface area contributed by atoms with Crippen molar-refractivity contribution < 1.29 is 4.74 Å². The average molecular weight is 234 g/mol. The normalized spacial score (nSPS) is 19.8. The van der Waals surface area contributed by atoms with Gasteiger partial charge >= 0.3 is 0 Å². The predicted molar refractivity (Wildman–Crippen MR) is 60.0 cm³/mol. The number of ether oxygens (including phenoxy) is 1. The molecule has 1 heterocycles. The summed E-state index contributed by atoms with van der Waals surface area (Å²) in [6.45, 7) is 3.23. The predicted octanol–water partition coefficient (Wildman–Crippen LogP) is 2.60. The van der Waals surface area contributed by atoms with Crippen LogP contribution in [0.2, 0.25) is 5.02 Å². The Labute approximate surface area is 94.8 Å². The molecule has 1 aliphatic heterocycles. The first kappa shape index (κ1) is 11.8. The number of fused-ring (bicyclic) bond motifs is 1. The second-order valence-corrected chi connectivity index (χ2v) is 3.79. The topological polar surface area (TPSA) is 35.2 Å². The Balaban J connectivity index is 0.000000980. The fourth-order valence-corrected chi connectivity index (χ4v) is 2.01. The molecule has 0 radical (unpaired) electrons. The third-order valence-corrected chi connectivity index (χ3v) is 2.79. The number of rotatable bonds is 0. The lowest BCUT2D eigenvalue weighted by molar-refractivity contribution is 0.0922. The first-order valence-corrected chi connectivity index (χ1v) is 4.69. The molecule has 1 unspecified atom stereocenters. The van der Waals surface area contributed by atoms with E-state index in [2.05, 4.69) is 6.92 Å². The zero-order chi connectivity index (χ0) is 9.42. The van der Waals surface area contributed by atoms with Gasteiger partial charge in [0, 0.05) is 10.6 Å². The van der Waals surface area contributed by atoms with Crippen molar-refractivity contribution in [3.8, 4) is 0 Å². The number of halogens is 2. The lowest BCUT2D eigenvalue weighted by Gasteiger charge is -2.25. The van der Waals surface area contributed by atoms with E-state index in [0.717, 1.165) is 10.6 Å². The van der Waals surface area contributed by atoms with E-state index in [4.69, 9.17) is 22.1 Å². The van der Waals surface area contributed by atoms with Crippen LogP contribution in [0.15, 0.2) is 12.1 Å². The molecular weight excluding hydrogens is 221 g/mol. The van der Waals surface area contributed by atoms with Crippen molar-refractivity contribution in [3.05, 3.63) is 33.8 Å². The largest absolute Gasteiger partial charge is 0.375 e. The standard InChI is InChI=1S/C10H12ClNO.ClH/c1-6-2-3-8(11)7-4-13-5-9(12)10(6)7;/h2-3,9H,4-5,12H2,1H3;1H. The van der Waals surface area contributed by atoms with Crippen LogP contribution in [0.25, 0.3) is 0 Å². The molecule has 0 amide bonds. The summed E-state index contributed by atoms with van der Waals surface area (Å²) in [4.78, 5) is 0. The van der Waals surface area contributed by atoms with Gasteiger partial charge in [-0.3, -0.25) is 0 Å². The molecule has 1 aliphatic rings. The fraction of sp³-hybridized carbons (Fsp3) is 0.400. The van der Waals surface area contributed by atoms with E-state index >= 15 is 0 Å². The van der Waals surface area contributed by atoms with Gasteiger partial charge in [0.25, 0.3) is 0 Å². The van der Waals surface area contributed by atoms with Gasteiger partial charge in [-0.2, -0.15) is 0 Å². The van der Waals surface area contributed by atoms with Crippen molar-refractivity contribution in [2.45, 2.75) is 19.6 Å². The summed E-state index contributed by atoms with van der Waals surface area (Å²) in [6, 6.07) is 3.88. The molecule has 0 saturated heterocycles. The van der Waals surface area contributed by atoms with E-state index in [-0.39, 0.29) is 18.4 Å². The summed E-state index contributed by atoms with van der Waals surface area (Å²) >= 11 is 6.04. The molecule has 14 heavy (non-hydrogen) atoms. The molecule has 1 atom stereocenters. The number of aryl methyl sites for hydroxylation is 1. The van der Waals surface area contributed by atoms with Crippen LogP contribution in [0, 0.1) is 6.92 Å². The smallest absolute Gasteiger partial charge is 0.0735 e. The van der Waals surface area contributed by atoms with Gasteiger partial charge < -0.3 is 10.5 Å². The van der Waals surface area contributed by atoms with E-state index in [1.807, 2.05) is 12.1 Å². The highest BCUT2D eigenvalue weighted by Gasteiger charge is 2.21. The molecular formula is C10H13Cl2NO. The first-order valence-electron chi connectivity index (χ1n) is 4.31. The van der Waals surface area contributed by atoms with Crippen molar-refractivity contribution in [1.29, 1.82) is 0 Å². The maximum absolute atomic E-state index is 6.04. The highest BCUT2D eigenvalue weighted by atomic mass is 35.5. The molecule has 0 fully saturated rings. The Morgan fingerprint density at radius 3 is 2.86 bits per heavy atom. The summed E-state index contributed by atoms with van der Waals surface area (Å²) < 4.78 is 5.33. The van der Waals surface area contributed by atoms with Gasteiger partial charge in [0.2, 0.25) is 0 Å². The minimum Gasteiger partial charge on any atom is -0.375 e. The Bertz CT molecular complexity index is 341. The van der Waals surface area contributed by atoms with Crippen LogP contribution in [0.4, 0.5) is 0 Å². The van der Waals surface area contributed by atoms with Gasteiger partial charge in [0.05, 0.1) is 19.3 Å². The molecule has 0 aliphatic carbocycles. The van der Waals surface area contributed by atoms with Crippen molar-refractivity contribution in [3.63, 3.8) is 0 Å². The van der Waals surface area contributed by atoms with E-state index < -0.39 is 0 Å². The van der Waals surface area contributed by atoms with Crippen LogP contribution < -0.4 is 5.73 Å². The first-order chi connectivity index (χ1) is 6.20. The van der Waals surface area contributed by atoms with Gasteiger partial charge in [-0.25, -0.2) is 0 Å². The Hall–Kier alpha value is -0.280. The van der Waals surface area contributed by atoms with Gasteiger partial charge in [0.15, 0.2) is 0 Å². The molecule has 2 rings (SSSR count). The van der Waals surface area contributed by atoms with Crippen LogP contribution in [0.5, 0.6) is 0 Å². The molecule has 0 spiro atoms. The molecule has 1 aromatic rings.